The third-order valence-corrected chi connectivity index (χ3v) is 5.07. The third kappa shape index (κ3) is 10.0. The molecule has 0 bridgehead atoms. The van der Waals surface area contributed by atoms with Crippen molar-refractivity contribution >= 4 is 23.7 Å². The quantitative estimate of drug-likeness (QED) is 0.196. The van der Waals surface area contributed by atoms with Crippen LogP contribution in [-0.4, -0.2) is 60.6 Å². The highest BCUT2D eigenvalue weighted by atomic mass is 35.5. The Hall–Kier alpha value is -3.63. The van der Waals surface area contributed by atoms with Crippen molar-refractivity contribution in [3.05, 3.63) is 65.7 Å². The van der Waals surface area contributed by atoms with E-state index in [0.29, 0.717) is 6.42 Å². The summed E-state index contributed by atoms with van der Waals surface area (Å²) in [5.41, 5.74) is 5.48. The smallest absolute Gasteiger partial charge is 0.328 e. The number of carbonyl (C=O) groups excluding carboxylic acids is 4. The number of quaternary nitrogens is 1. The number of esters is 1. The van der Waals surface area contributed by atoms with Crippen LogP contribution in [0.1, 0.15) is 18.1 Å². The van der Waals surface area contributed by atoms with Crippen LogP contribution in [0.3, 0.4) is 0 Å². The number of methoxy groups -OCH3 is 1. The minimum absolute atomic E-state index is 0. The molecule has 0 fully saturated rings. The summed E-state index contributed by atoms with van der Waals surface area (Å²) in [6.07, 6.45) is 0.574. The van der Waals surface area contributed by atoms with E-state index in [-0.39, 0.29) is 31.1 Å². The molecule has 0 saturated heterocycles. The summed E-state index contributed by atoms with van der Waals surface area (Å²) >= 11 is 0. The van der Waals surface area contributed by atoms with Gasteiger partial charge in [-0.2, -0.15) is 0 Å². The van der Waals surface area contributed by atoms with Crippen LogP contribution in [0.2, 0.25) is 0 Å². The number of halogens is 1. The summed E-state index contributed by atoms with van der Waals surface area (Å²) < 4.78 is 4.76. The summed E-state index contributed by atoms with van der Waals surface area (Å²) in [4.78, 5) is 49.0. The van der Waals surface area contributed by atoms with Crippen LogP contribution in [-0.2, 0) is 36.8 Å². The van der Waals surface area contributed by atoms with Gasteiger partial charge in [-0.1, -0.05) is 42.5 Å². The van der Waals surface area contributed by atoms with Gasteiger partial charge in [0.15, 0.2) is 6.04 Å². The summed E-state index contributed by atoms with van der Waals surface area (Å²) in [7, 11) is 1.23. The van der Waals surface area contributed by atoms with Crippen LogP contribution in [0.25, 0.3) is 0 Å². The Bertz CT molecular complexity index is 987. The summed E-state index contributed by atoms with van der Waals surface area (Å²) in [6, 6.07) is 13.1. The normalized spacial score (nSPS) is 12.8. The first-order chi connectivity index (χ1) is 16.2. The van der Waals surface area contributed by atoms with Crippen molar-refractivity contribution in [3.63, 3.8) is 0 Å². The second-order valence-electron chi connectivity index (χ2n) is 7.85. The molecule has 2 rings (SSSR count). The van der Waals surface area contributed by atoms with E-state index in [1.165, 1.54) is 26.2 Å². The van der Waals surface area contributed by atoms with Crippen LogP contribution >= 0.6 is 0 Å². The van der Waals surface area contributed by atoms with Gasteiger partial charge in [0.25, 0.3) is 5.91 Å². The molecule has 10 nitrogen and oxygen atoms in total. The molecule has 3 atom stereocenters. The molecule has 190 valence electrons. The molecule has 0 saturated carbocycles. The number of phenols is 1. The second kappa shape index (κ2) is 14.6. The molecule has 0 heterocycles. The van der Waals surface area contributed by atoms with Crippen molar-refractivity contribution in [1.29, 1.82) is 0 Å². The Labute approximate surface area is 210 Å². The van der Waals surface area contributed by atoms with Crippen molar-refractivity contribution in [1.82, 2.24) is 16.0 Å². The Morgan fingerprint density at radius 1 is 0.914 bits per heavy atom. The zero-order chi connectivity index (χ0) is 25.1. The number of ether oxygens (including phenoxy) is 1. The molecule has 0 aliphatic heterocycles. The molecule has 2 aromatic carbocycles. The molecule has 0 aromatic heterocycles. The van der Waals surface area contributed by atoms with Gasteiger partial charge in [0.05, 0.1) is 13.7 Å². The highest BCUT2D eigenvalue weighted by molar-refractivity contribution is 5.92. The molecule has 0 aliphatic rings. The molecule has 7 N–H and O–H groups in total. The van der Waals surface area contributed by atoms with E-state index >= 15 is 0 Å². The monoisotopic (exact) mass is 506 g/mol. The lowest BCUT2D eigenvalue weighted by Crippen LogP contribution is -3.00. The lowest BCUT2D eigenvalue weighted by atomic mass is 10.1. The van der Waals surface area contributed by atoms with Crippen molar-refractivity contribution in [3.8, 4) is 5.75 Å². The lowest BCUT2D eigenvalue weighted by Gasteiger charge is -2.18. The molecule has 11 heteroatoms. The number of carbonyl (C=O) groups is 4. The standard InChI is InChI=1S/C24H30N4O6.ClH/c1-15(27-23(32)19(25)12-17-8-10-18(29)11-9-17)22(31)26-14-21(30)28-20(24(33)34-2)13-16-6-4-3-5-7-16;/h3-11,15,19-20,29H,12-14,25H2,1-2H3,(H,26,31)(H,27,32)(H,28,30);1H/t15-,19?,20?;/m0./s1. The molecule has 0 radical (unpaired) electrons. The van der Waals surface area contributed by atoms with Gasteiger partial charge >= 0.3 is 5.97 Å². The van der Waals surface area contributed by atoms with E-state index in [0.717, 1.165) is 11.1 Å². The molecule has 2 unspecified atom stereocenters. The van der Waals surface area contributed by atoms with Gasteiger partial charge < -0.3 is 43.9 Å². The summed E-state index contributed by atoms with van der Waals surface area (Å²) in [6.45, 7) is 1.12. The highest BCUT2D eigenvalue weighted by Gasteiger charge is 2.25. The zero-order valence-electron chi connectivity index (χ0n) is 19.6. The molecular formula is C24H31ClN4O6. The molecule has 0 aliphatic carbocycles. The Balaban J connectivity index is 0.00000612. The Kier molecular flexibility index (Phi) is 12.3. The molecule has 2 aromatic rings. The van der Waals surface area contributed by atoms with Gasteiger partial charge in [0, 0.05) is 12.8 Å². The average molecular weight is 507 g/mol. The number of aromatic hydroxyl groups is 1. The Morgan fingerprint density at radius 2 is 1.51 bits per heavy atom. The first-order valence-electron chi connectivity index (χ1n) is 10.8. The molecular weight excluding hydrogens is 476 g/mol. The first-order valence-corrected chi connectivity index (χ1v) is 10.8. The number of nitrogens with one attached hydrogen (secondary N) is 3. The van der Waals surface area contributed by atoms with Crippen LogP contribution in [0.5, 0.6) is 5.75 Å². The lowest BCUT2D eigenvalue weighted by molar-refractivity contribution is -0.403. The number of rotatable bonds is 11. The van der Waals surface area contributed by atoms with Gasteiger partial charge in [-0.3, -0.25) is 14.4 Å². The predicted octanol–water partition coefficient (Wildman–Crippen LogP) is -3.93. The maximum Gasteiger partial charge on any atom is 0.328 e. The molecule has 35 heavy (non-hydrogen) atoms. The predicted molar refractivity (Wildman–Crippen MR) is 123 cm³/mol. The molecule has 3 amide bonds. The van der Waals surface area contributed by atoms with Crippen LogP contribution in [0, 0.1) is 0 Å². The van der Waals surface area contributed by atoms with E-state index in [1.807, 2.05) is 30.3 Å². The third-order valence-electron chi connectivity index (χ3n) is 5.07. The van der Waals surface area contributed by atoms with Crippen molar-refractivity contribution in [2.24, 2.45) is 0 Å². The number of hydrogen-bond donors (Lipinski definition) is 5. The average Bonchev–Trinajstić information content (AvgIpc) is 2.83. The summed E-state index contributed by atoms with van der Waals surface area (Å²) in [5.74, 6) is -2.02. The fraction of sp³-hybridized carbons (Fsp3) is 0.333. The maximum atomic E-state index is 12.4. The van der Waals surface area contributed by atoms with E-state index in [1.54, 1.807) is 12.1 Å². The van der Waals surface area contributed by atoms with E-state index < -0.39 is 41.8 Å². The maximum absolute atomic E-state index is 12.4. The summed E-state index contributed by atoms with van der Waals surface area (Å²) in [5, 5.41) is 16.9. The minimum Gasteiger partial charge on any atom is -1.00 e. The first kappa shape index (κ1) is 29.4. The second-order valence-corrected chi connectivity index (χ2v) is 7.85. The van der Waals surface area contributed by atoms with Crippen LogP contribution < -0.4 is 34.1 Å². The van der Waals surface area contributed by atoms with Gasteiger partial charge in [-0.15, -0.1) is 0 Å². The fourth-order valence-electron chi connectivity index (χ4n) is 3.16. The number of amides is 3. The van der Waals surface area contributed by atoms with Crippen molar-refractivity contribution in [2.75, 3.05) is 13.7 Å². The van der Waals surface area contributed by atoms with Crippen LogP contribution in [0.4, 0.5) is 0 Å². The number of hydrogen-bond acceptors (Lipinski definition) is 6. The fourth-order valence-corrected chi connectivity index (χ4v) is 3.16. The van der Waals surface area contributed by atoms with Gasteiger partial charge in [0.1, 0.15) is 17.8 Å². The van der Waals surface area contributed by atoms with Gasteiger partial charge in [-0.25, -0.2) is 4.79 Å². The largest absolute Gasteiger partial charge is 1.00 e. The molecule has 0 spiro atoms. The zero-order valence-corrected chi connectivity index (χ0v) is 20.4. The number of phenolic OH excluding ortho intramolecular Hbond substituents is 1. The van der Waals surface area contributed by atoms with Crippen molar-refractivity contribution in [2.45, 2.75) is 37.9 Å². The van der Waals surface area contributed by atoms with Gasteiger partial charge in [0.2, 0.25) is 11.8 Å². The Morgan fingerprint density at radius 3 is 2.11 bits per heavy atom. The van der Waals surface area contributed by atoms with Crippen molar-refractivity contribution < 1.29 is 47.2 Å². The topological polar surface area (TPSA) is 161 Å². The number of benzene rings is 2. The van der Waals surface area contributed by atoms with E-state index in [2.05, 4.69) is 21.7 Å². The van der Waals surface area contributed by atoms with E-state index in [4.69, 9.17) is 4.74 Å². The highest BCUT2D eigenvalue weighted by Crippen LogP contribution is 2.10. The van der Waals surface area contributed by atoms with E-state index in [9.17, 15) is 24.3 Å². The van der Waals surface area contributed by atoms with Crippen LogP contribution in [0.15, 0.2) is 54.6 Å². The minimum atomic E-state index is -0.902. The SMILES string of the molecule is COC(=O)C(Cc1ccccc1)NC(=O)CNC(=O)[C@H](C)NC(=O)C([NH3+])Cc1ccc(O)cc1.[Cl-]. The van der Waals surface area contributed by atoms with Gasteiger partial charge in [-0.05, 0) is 30.2 Å².